The molecule has 16 heteroatoms. The molecule has 0 spiro atoms. The van der Waals surface area contributed by atoms with Crippen LogP contribution in [-0.2, 0) is 17.5 Å². The van der Waals surface area contributed by atoms with E-state index in [1.807, 2.05) is 0 Å². The quantitative estimate of drug-likeness (QED) is 0.144. The summed E-state index contributed by atoms with van der Waals surface area (Å²) in [5.74, 6) is -5.13. The number of amides is 2. The number of alkyl halides is 3. The third-order valence-corrected chi connectivity index (χ3v) is 6.16. The Bertz CT molecular complexity index is 1610. The molecule has 0 aliphatic carbocycles. The maximum Gasteiger partial charge on any atom is 0.416 e. The van der Waals surface area contributed by atoms with Crippen LogP contribution in [0.3, 0.4) is 0 Å². The van der Waals surface area contributed by atoms with Gasteiger partial charge in [-0.2, -0.15) is 17.9 Å². The summed E-state index contributed by atoms with van der Waals surface area (Å²) in [7, 11) is 0. The van der Waals surface area contributed by atoms with Crippen LogP contribution in [0.4, 0.5) is 26.7 Å². The van der Waals surface area contributed by atoms with Crippen molar-refractivity contribution in [3.8, 4) is 17.0 Å². The van der Waals surface area contributed by atoms with E-state index in [-0.39, 0.29) is 34.1 Å². The second-order valence-corrected chi connectivity index (χ2v) is 9.14. The Morgan fingerprint density at radius 2 is 1.83 bits per heavy atom. The van der Waals surface area contributed by atoms with Crippen molar-refractivity contribution < 1.29 is 50.2 Å². The van der Waals surface area contributed by atoms with Crippen molar-refractivity contribution in [3.63, 3.8) is 0 Å². The fourth-order valence-electron chi connectivity index (χ4n) is 3.57. The lowest BCUT2D eigenvalue weighted by molar-refractivity contribution is -0.614. The van der Waals surface area contributed by atoms with Gasteiger partial charge < -0.3 is 30.1 Å². The number of aromatic nitrogens is 2. The minimum absolute atomic E-state index is 0.0262. The highest BCUT2D eigenvalue weighted by molar-refractivity contribution is 9.10. The highest BCUT2D eigenvalue weighted by Crippen LogP contribution is 2.36. The SMILES string of the molecule is NC(=O)c1c(F)ccc(OC(COC(=O)NCc2cccc[n+]2[O-])c2nc(-c3ccc(C(F)(F)F)cc3)c(Br)o2)c1F. The monoisotopic (exact) mass is 656 g/mol. The number of halogens is 6. The third kappa shape index (κ3) is 6.94. The number of nitrogens with zero attached hydrogens (tertiary/aromatic N) is 2. The van der Waals surface area contributed by atoms with Gasteiger partial charge in [0.15, 0.2) is 22.4 Å². The van der Waals surface area contributed by atoms with Crippen molar-refractivity contribution in [2.45, 2.75) is 18.8 Å². The first-order chi connectivity index (χ1) is 19.8. The number of primary amides is 1. The average Bonchev–Trinajstić information content (AvgIpc) is 3.32. The number of nitrogens with one attached hydrogen (secondary N) is 1. The van der Waals surface area contributed by atoms with Gasteiger partial charge in [-0.3, -0.25) is 4.79 Å². The number of alkyl carbamates (subject to hydrolysis) is 1. The molecule has 4 rings (SSSR count). The number of nitrogens with two attached hydrogens (primary N) is 1. The van der Waals surface area contributed by atoms with Crippen molar-refractivity contribution in [1.82, 2.24) is 10.3 Å². The Kier molecular flexibility index (Phi) is 8.94. The smallest absolute Gasteiger partial charge is 0.416 e. The van der Waals surface area contributed by atoms with Crippen molar-refractivity contribution in [2.24, 2.45) is 5.73 Å². The molecule has 220 valence electrons. The number of pyridine rings is 1. The van der Waals surface area contributed by atoms with Gasteiger partial charge in [0.2, 0.25) is 17.7 Å². The second-order valence-electron chi connectivity index (χ2n) is 8.42. The molecule has 1 atom stereocenters. The third-order valence-electron chi connectivity index (χ3n) is 5.62. The van der Waals surface area contributed by atoms with E-state index >= 15 is 0 Å². The number of carbonyl (C=O) groups excluding carboxylic acids is 2. The molecule has 0 saturated carbocycles. The summed E-state index contributed by atoms with van der Waals surface area (Å²) in [4.78, 5) is 28.1. The maximum atomic E-state index is 14.9. The van der Waals surface area contributed by atoms with E-state index in [1.54, 1.807) is 6.07 Å². The van der Waals surface area contributed by atoms with Crippen LogP contribution < -0.4 is 20.5 Å². The molecule has 0 fully saturated rings. The van der Waals surface area contributed by atoms with E-state index in [9.17, 15) is 36.7 Å². The lowest BCUT2D eigenvalue weighted by Crippen LogP contribution is -2.36. The Balaban J connectivity index is 1.60. The molecule has 3 N–H and O–H groups in total. The second kappa shape index (κ2) is 12.4. The van der Waals surface area contributed by atoms with Gasteiger partial charge in [-0.05, 0) is 46.3 Å². The molecule has 2 aromatic heterocycles. The van der Waals surface area contributed by atoms with Crippen LogP contribution in [-0.4, -0.2) is 23.6 Å². The Morgan fingerprint density at radius 1 is 1.12 bits per heavy atom. The van der Waals surface area contributed by atoms with Crippen LogP contribution in [0.25, 0.3) is 11.3 Å². The summed E-state index contributed by atoms with van der Waals surface area (Å²) in [6, 6.07) is 10.0. The van der Waals surface area contributed by atoms with Crippen LogP contribution in [0.15, 0.2) is 69.9 Å². The molecule has 10 nitrogen and oxygen atoms in total. The summed E-state index contributed by atoms with van der Waals surface area (Å²) in [6.07, 6.45) is -5.91. The van der Waals surface area contributed by atoms with Crippen molar-refractivity contribution in [3.05, 3.63) is 105 Å². The zero-order valence-electron chi connectivity index (χ0n) is 21.0. The minimum atomic E-state index is -4.57. The van der Waals surface area contributed by atoms with Crippen LogP contribution in [0.2, 0.25) is 0 Å². The Hall–Kier alpha value is -4.73. The van der Waals surface area contributed by atoms with Crippen LogP contribution >= 0.6 is 15.9 Å². The normalized spacial score (nSPS) is 12.0. The van der Waals surface area contributed by atoms with E-state index < -0.39 is 59.4 Å². The average molecular weight is 657 g/mol. The van der Waals surface area contributed by atoms with Gasteiger partial charge in [-0.25, -0.2) is 18.6 Å². The maximum absolute atomic E-state index is 14.9. The van der Waals surface area contributed by atoms with Gasteiger partial charge in [-0.1, -0.05) is 12.1 Å². The van der Waals surface area contributed by atoms with E-state index in [4.69, 9.17) is 19.6 Å². The highest BCUT2D eigenvalue weighted by atomic mass is 79.9. The lowest BCUT2D eigenvalue weighted by atomic mass is 10.1. The van der Waals surface area contributed by atoms with Crippen LogP contribution in [0, 0.1) is 16.8 Å². The first-order valence-corrected chi connectivity index (χ1v) is 12.5. The van der Waals surface area contributed by atoms with Crippen LogP contribution in [0.1, 0.15) is 33.6 Å². The molecule has 4 aromatic rings. The highest BCUT2D eigenvalue weighted by Gasteiger charge is 2.31. The summed E-state index contributed by atoms with van der Waals surface area (Å²) in [5, 5.41) is 14.1. The van der Waals surface area contributed by atoms with E-state index in [1.165, 1.54) is 18.3 Å². The van der Waals surface area contributed by atoms with E-state index in [0.29, 0.717) is 4.73 Å². The summed E-state index contributed by atoms with van der Waals surface area (Å²) in [6.45, 7) is -0.911. The van der Waals surface area contributed by atoms with Gasteiger partial charge in [0, 0.05) is 17.7 Å². The predicted molar refractivity (Wildman–Crippen MR) is 136 cm³/mol. The lowest BCUT2D eigenvalue weighted by Gasteiger charge is -2.18. The van der Waals surface area contributed by atoms with Crippen LogP contribution in [0.5, 0.6) is 5.75 Å². The molecule has 0 aliphatic rings. The first-order valence-electron chi connectivity index (χ1n) is 11.7. The zero-order valence-corrected chi connectivity index (χ0v) is 22.5. The van der Waals surface area contributed by atoms with E-state index in [2.05, 4.69) is 26.2 Å². The molecule has 42 heavy (non-hydrogen) atoms. The summed E-state index contributed by atoms with van der Waals surface area (Å²) >= 11 is 3.11. The largest absolute Gasteiger partial charge is 0.618 e. The predicted octanol–water partition coefficient (Wildman–Crippen LogP) is 5.18. The number of carbonyl (C=O) groups is 2. The number of hydrogen-bond acceptors (Lipinski definition) is 7. The molecule has 0 aliphatic heterocycles. The molecule has 0 bridgehead atoms. The van der Waals surface area contributed by atoms with Crippen molar-refractivity contribution >= 4 is 27.9 Å². The van der Waals surface area contributed by atoms with Gasteiger partial charge in [0.25, 0.3) is 5.91 Å². The molecule has 0 radical (unpaired) electrons. The molecular weight excluding hydrogens is 639 g/mol. The van der Waals surface area contributed by atoms with Gasteiger partial charge in [-0.15, -0.1) is 0 Å². The molecule has 2 amide bonds. The molecule has 2 heterocycles. The topological polar surface area (TPSA) is 144 Å². The van der Waals surface area contributed by atoms with Crippen molar-refractivity contribution in [2.75, 3.05) is 6.61 Å². The number of benzene rings is 2. The van der Waals surface area contributed by atoms with E-state index in [0.717, 1.165) is 36.4 Å². The molecule has 0 saturated heterocycles. The first kappa shape index (κ1) is 30.2. The number of oxazole rings is 1. The molecule has 2 aromatic carbocycles. The Morgan fingerprint density at radius 3 is 2.48 bits per heavy atom. The van der Waals surface area contributed by atoms with Gasteiger partial charge in [0.1, 0.15) is 30.2 Å². The van der Waals surface area contributed by atoms with Gasteiger partial charge in [0.05, 0.1) is 5.56 Å². The fourth-order valence-corrected chi connectivity index (χ4v) is 4.06. The number of hydrogen-bond donors (Lipinski definition) is 2. The number of rotatable bonds is 9. The molecule has 1 unspecified atom stereocenters. The van der Waals surface area contributed by atoms with Gasteiger partial charge >= 0.3 is 12.3 Å². The van der Waals surface area contributed by atoms with Crippen molar-refractivity contribution in [1.29, 1.82) is 0 Å². The Labute approximate surface area is 241 Å². The minimum Gasteiger partial charge on any atom is -0.618 e. The number of ether oxygens (including phenoxy) is 2. The summed E-state index contributed by atoms with van der Waals surface area (Å²) < 4.78 is 84.5. The summed E-state index contributed by atoms with van der Waals surface area (Å²) in [5.41, 5.74) is 3.48. The zero-order chi connectivity index (χ0) is 30.6. The molecular formula is C26H18BrF5N4O6. The fraction of sp³-hybridized carbons (Fsp3) is 0.154. The standard InChI is InChI=1S/C26H18BrF5N4O6/c27-22-21(13-4-6-14(7-5-13)26(30,31)32)35-24(42-22)18(41-17-9-8-16(28)19(20(17)29)23(33)37)12-40-25(38)34-11-15-3-1-2-10-36(15)39/h1-10,18H,11-12H2,(H2,33,37)(H,34,38).